The van der Waals surface area contributed by atoms with Crippen molar-refractivity contribution in [3.63, 3.8) is 0 Å². The van der Waals surface area contributed by atoms with E-state index in [1.165, 1.54) is 18.4 Å². The highest BCUT2D eigenvalue weighted by molar-refractivity contribution is 5.53. The SMILES string of the molecule is CCC1CCC(C)N1c1nnc(C)c(C)c1CN. The summed E-state index contributed by atoms with van der Waals surface area (Å²) in [5.41, 5.74) is 9.26. The summed E-state index contributed by atoms with van der Waals surface area (Å²) in [7, 11) is 0. The van der Waals surface area contributed by atoms with Gasteiger partial charge in [-0.2, -0.15) is 5.10 Å². The molecule has 2 N–H and O–H groups in total. The van der Waals surface area contributed by atoms with E-state index in [-0.39, 0.29) is 0 Å². The average molecular weight is 248 g/mol. The van der Waals surface area contributed by atoms with Gasteiger partial charge in [-0.05, 0) is 45.6 Å². The number of nitrogens with two attached hydrogens (primary N) is 1. The molecule has 0 bridgehead atoms. The first-order valence-corrected chi connectivity index (χ1v) is 6.91. The fourth-order valence-corrected chi connectivity index (χ4v) is 2.95. The Labute approximate surface area is 110 Å². The van der Waals surface area contributed by atoms with E-state index < -0.39 is 0 Å². The van der Waals surface area contributed by atoms with Crippen molar-refractivity contribution in [3.8, 4) is 0 Å². The van der Waals surface area contributed by atoms with E-state index in [9.17, 15) is 0 Å². The van der Waals surface area contributed by atoms with Gasteiger partial charge < -0.3 is 10.6 Å². The van der Waals surface area contributed by atoms with E-state index in [0.717, 1.165) is 23.5 Å². The standard InChI is InChI=1S/C14H24N4/c1-5-12-7-6-9(2)18(12)14-13(8-15)10(3)11(4)16-17-14/h9,12H,5-8,15H2,1-4H3. The van der Waals surface area contributed by atoms with Gasteiger partial charge in [0.15, 0.2) is 5.82 Å². The third kappa shape index (κ3) is 2.09. The molecular weight excluding hydrogens is 224 g/mol. The largest absolute Gasteiger partial charge is 0.349 e. The number of hydrogen-bond donors (Lipinski definition) is 1. The van der Waals surface area contributed by atoms with Crippen LogP contribution in [0.3, 0.4) is 0 Å². The zero-order valence-electron chi connectivity index (χ0n) is 11.9. The first-order valence-electron chi connectivity index (χ1n) is 6.91. The summed E-state index contributed by atoms with van der Waals surface area (Å²) in [4.78, 5) is 2.43. The Balaban J connectivity index is 2.46. The van der Waals surface area contributed by atoms with Gasteiger partial charge in [0.25, 0.3) is 0 Å². The minimum Gasteiger partial charge on any atom is -0.349 e. The van der Waals surface area contributed by atoms with Crippen molar-refractivity contribution < 1.29 is 0 Å². The minimum absolute atomic E-state index is 0.539. The molecular formula is C14H24N4. The van der Waals surface area contributed by atoms with E-state index in [1.54, 1.807) is 0 Å². The van der Waals surface area contributed by atoms with E-state index in [0.29, 0.717) is 18.6 Å². The van der Waals surface area contributed by atoms with Crippen LogP contribution in [-0.4, -0.2) is 22.3 Å². The quantitative estimate of drug-likeness (QED) is 0.892. The molecule has 18 heavy (non-hydrogen) atoms. The summed E-state index contributed by atoms with van der Waals surface area (Å²) in [6.45, 7) is 9.14. The minimum atomic E-state index is 0.539. The van der Waals surface area contributed by atoms with E-state index in [4.69, 9.17) is 5.73 Å². The average Bonchev–Trinajstić information content (AvgIpc) is 2.73. The molecule has 4 heteroatoms. The highest BCUT2D eigenvalue weighted by atomic mass is 15.3. The first kappa shape index (κ1) is 13.3. The first-order chi connectivity index (χ1) is 8.60. The second-order valence-electron chi connectivity index (χ2n) is 5.31. The molecule has 0 radical (unpaired) electrons. The Morgan fingerprint density at radius 3 is 2.61 bits per heavy atom. The fraction of sp³-hybridized carbons (Fsp3) is 0.714. The molecule has 0 saturated carbocycles. The molecule has 1 fully saturated rings. The molecule has 100 valence electrons. The molecule has 1 saturated heterocycles. The van der Waals surface area contributed by atoms with Gasteiger partial charge in [-0.3, -0.25) is 0 Å². The summed E-state index contributed by atoms with van der Waals surface area (Å²) < 4.78 is 0. The molecule has 2 rings (SSSR count). The summed E-state index contributed by atoms with van der Waals surface area (Å²) in [6, 6.07) is 1.12. The number of hydrogen-bond acceptors (Lipinski definition) is 4. The van der Waals surface area contributed by atoms with Gasteiger partial charge in [0, 0.05) is 24.2 Å². The van der Waals surface area contributed by atoms with Gasteiger partial charge in [-0.1, -0.05) is 6.92 Å². The Bertz CT molecular complexity index is 430. The van der Waals surface area contributed by atoms with Gasteiger partial charge >= 0.3 is 0 Å². The van der Waals surface area contributed by atoms with Crippen molar-refractivity contribution in [2.45, 2.75) is 65.6 Å². The lowest BCUT2D eigenvalue weighted by atomic mass is 10.1. The topological polar surface area (TPSA) is 55.0 Å². The monoisotopic (exact) mass is 248 g/mol. The second-order valence-corrected chi connectivity index (χ2v) is 5.31. The summed E-state index contributed by atoms with van der Waals surface area (Å²) >= 11 is 0. The lowest BCUT2D eigenvalue weighted by molar-refractivity contribution is 0.612. The van der Waals surface area contributed by atoms with Crippen molar-refractivity contribution in [1.29, 1.82) is 0 Å². The molecule has 1 aliphatic rings. The van der Waals surface area contributed by atoms with Gasteiger partial charge in [0.1, 0.15) is 0 Å². The maximum Gasteiger partial charge on any atom is 0.156 e. The van der Waals surface area contributed by atoms with Crippen LogP contribution in [0.15, 0.2) is 0 Å². The van der Waals surface area contributed by atoms with Gasteiger partial charge in [0.2, 0.25) is 0 Å². The van der Waals surface area contributed by atoms with Crippen LogP contribution in [0.1, 0.15) is 49.9 Å². The molecule has 2 atom stereocenters. The zero-order chi connectivity index (χ0) is 13.3. The smallest absolute Gasteiger partial charge is 0.156 e. The Kier molecular flexibility index (Phi) is 3.85. The van der Waals surface area contributed by atoms with Crippen molar-refractivity contribution in [1.82, 2.24) is 10.2 Å². The predicted molar refractivity (Wildman–Crippen MR) is 74.7 cm³/mol. The van der Waals surface area contributed by atoms with Gasteiger partial charge in [-0.25, -0.2) is 0 Å². The van der Waals surface area contributed by atoms with Crippen LogP contribution in [0.25, 0.3) is 0 Å². The Hall–Kier alpha value is -1.16. The van der Waals surface area contributed by atoms with Gasteiger partial charge in [0.05, 0.1) is 5.69 Å². The number of aromatic nitrogens is 2. The molecule has 1 aliphatic heterocycles. The van der Waals surface area contributed by atoms with Crippen molar-refractivity contribution >= 4 is 5.82 Å². The molecule has 2 heterocycles. The number of nitrogens with zero attached hydrogens (tertiary/aromatic N) is 3. The van der Waals surface area contributed by atoms with E-state index >= 15 is 0 Å². The molecule has 2 unspecified atom stereocenters. The normalized spacial score (nSPS) is 23.7. The highest BCUT2D eigenvalue weighted by Crippen LogP contribution is 2.33. The van der Waals surface area contributed by atoms with Crippen LogP contribution >= 0.6 is 0 Å². The summed E-state index contributed by atoms with van der Waals surface area (Å²) in [5.74, 6) is 1.01. The molecule has 0 aromatic carbocycles. The second kappa shape index (κ2) is 5.22. The van der Waals surface area contributed by atoms with Crippen LogP contribution < -0.4 is 10.6 Å². The molecule has 1 aromatic heterocycles. The van der Waals surface area contributed by atoms with Crippen molar-refractivity contribution in [2.75, 3.05) is 4.90 Å². The van der Waals surface area contributed by atoms with Crippen LogP contribution in [0, 0.1) is 13.8 Å². The lowest BCUT2D eigenvalue weighted by Gasteiger charge is -2.31. The Morgan fingerprint density at radius 2 is 2.00 bits per heavy atom. The Morgan fingerprint density at radius 1 is 1.28 bits per heavy atom. The highest BCUT2D eigenvalue weighted by Gasteiger charge is 2.32. The molecule has 0 amide bonds. The third-order valence-corrected chi connectivity index (χ3v) is 4.27. The van der Waals surface area contributed by atoms with E-state index in [1.807, 2.05) is 6.92 Å². The van der Waals surface area contributed by atoms with E-state index in [2.05, 4.69) is 35.9 Å². The summed E-state index contributed by atoms with van der Waals surface area (Å²) in [6.07, 6.45) is 3.64. The third-order valence-electron chi connectivity index (χ3n) is 4.27. The van der Waals surface area contributed by atoms with Crippen LogP contribution in [0.4, 0.5) is 5.82 Å². The maximum atomic E-state index is 5.93. The predicted octanol–water partition coefficient (Wildman–Crippen LogP) is 2.32. The molecule has 1 aromatic rings. The molecule has 0 aliphatic carbocycles. The number of aryl methyl sites for hydroxylation is 1. The zero-order valence-corrected chi connectivity index (χ0v) is 11.9. The van der Waals surface area contributed by atoms with Gasteiger partial charge in [-0.15, -0.1) is 5.10 Å². The lowest BCUT2D eigenvalue weighted by Crippen LogP contribution is -2.36. The van der Waals surface area contributed by atoms with Crippen LogP contribution in [-0.2, 0) is 6.54 Å². The fourth-order valence-electron chi connectivity index (χ4n) is 2.95. The number of anilines is 1. The summed E-state index contributed by atoms with van der Waals surface area (Å²) in [5, 5.41) is 8.72. The number of rotatable bonds is 3. The van der Waals surface area contributed by atoms with Crippen LogP contribution in [0.2, 0.25) is 0 Å². The van der Waals surface area contributed by atoms with Crippen molar-refractivity contribution in [3.05, 3.63) is 16.8 Å². The molecule has 0 spiro atoms. The van der Waals surface area contributed by atoms with Crippen LogP contribution in [0.5, 0.6) is 0 Å². The maximum absolute atomic E-state index is 5.93. The van der Waals surface area contributed by atoms with Crippen molar-refractivity contribution in [2.24, 2.45) is 5.73 Å². The molecule has 4 nitrogen and oxygen atoms in total.